The van der Waals surface area contributed by atoms with Crippen LogP contribution in [0.3, 0.4) is 0 Å². The topological polar surface area (TPSA) is 39.2 Å². The van der Waals surface area contributed by atoms with E-state index in [-0.39, 0.29) is 12.6 Å². The van der Waals surface area contributed by atoms with Gasteiger partial charge in [-0.1, -0.05) is 46.3 Å². The summed E-state index contributed by atoms with van der Waals surface area (Å²) in [5.41, 5.74) is 3.11. The number of carbonyl (C=O) groups is 1. The molecule has 0 aliphatic heterocycles. The Morgan fingerprint density at radius 2 is 1.86 bits per heavy atom. The summed E-state index contributed by atoms with van der Waals surface area (Å²) in [4.78, 5) is 16.8. The molecule has 3 nitrogen and oxygen atoms in total. The molecule has 0 aliphatic carbocycles. The average Bonchev–Trinajstić information content (AvgIpc) is 2.53. The second-order valence-corrected chi connectivity index (χ2v) is 5.95. The number of esters is 1. The van der Waals surface area contributed by atoms with E-state index in [0.717, 1.165) is 26.6 Å². The first-order valence-corrected chi connectivity index (χ1v) is 7.71. The average molecular weight is 356 g/mol. The molecule has 3 aromatic rings. The third kappa shape index (κ3) is 3.17. The molecular formula is C18H14BrNO2. The zero-order valence-corrected chi connectivity index (χ0v) is 13.6. The normalized spacial score (nSPS) is 10.6. The summed E-state index contributed by atoms with van der Waals surface area (Å²) in [5, 5.41) is 0.814. The molecule has 0 spiro atoms. The predicted molar refractivity (Wildman–Crippen MR) is 89.7 cm³/mol. The minimum absolute atomic E-state index is 0.252. The van der Waals surface area contributed by atoms with E-state index in [4.69, 9.17) is 4.74 Å². The van der Waals surface area contributed by atoms with Gasteiger partial charge in [-0.05, 0) is 36.8 Å². The van der Waals surface area contributed by atoms with Gasteiger partial charge in [0.25, 0.3) is 0 Å². The van der Waals surface area contributed by atoms with Gasteiger partial charge in [0.2, 0.25) is 0 Å². The Morgan fingerprint density at radius 1 is 1.14 bits per heavy atom. The van der Waals surface area contributed by atoms with Crippen LogP contribution in [0.15, 0.2) is 59.1 Å². The van der Waals surface area contributed by atoms with E-state index in [9.17, 15) is 4.79 Å². The van der Waals surface area contributed by atoms with Crippen LogP contribution in [0.25, 0.3) is 10.9 Å². The molecule has 1 heterocycles. The third-order valence-corrected chi connectivity index (χ3v) is 3.88. The molecule has 0 unspecified atom stereocenters. The molecule has 0 atom stereocenters. The van der Waals surface area contributed by atoms with Crippen molar-refractivity contribution in [2.75, 3.05) is 0 Å². The lowest BCUT2D eigenvalue weighted by molar-refractivity contribution is 0.0475. The molecule has 0 N–H and O–H groups in total. The van der Waals surface area contributed by atoms with E-state index in [2.05, 4.69) is 20.9 Å². The number of ether oxygens (including phenoxy) is 1. The summed E-state index contributed by atoms with van der Waals surface area (Å²) in [6.45, 7) is 2.12. The number of halogens is 1. The number of nitrogens with zero attached hydrogens (tertiary/aromatic N) is 1. The highest BCUT2D eigenvalue weighted by atomic mass is 79.9. The van der Waals surface area contributed by atoms with Crippen LogP contribution in [0.2, 0.25) is 0 Å². The van der Waals surface area contributed by atoms with Gasteiger partial charge in [0.1, 0.15) is 6.61 Å². The molecule has 110 valence electrons. The monoisotopic (exact) mass is 355 g/mol. The number of aromatic nitrogens is 1. The van der Waals surface area contributed by atoms with Gasteiger partial charge >= 0.3 is 5.97 Å². The van der Waals surface area contributed by atoms with Crippen molar-refractivity contribution in [3.63, 3.8) is 0 Å². The summed E-state index contributed by atoms with van der Waals surface area (Å²) in [5.74, 6) is -0.329. The maximum absolute atomic E-state index is 12.4. The van der Waals surface area contributed by atoms with Crippen molar-refractivity contribution in [1.29, 1.82) is 0 Å². The molecule has 3 rings (SSSR count). The number of rotatable bonds is 3. The van der Waals surface area contributed by atoms with E-state index < -0.39 is 0 Å². The number of fused-ring (bicyclic) bond motifs is 1. The third-order valence-electron chi connectivity index (χ3n) is 3.35. The summed E-state index contributed by atoms with van der Waals surface area (Å²) < 4.78 is 6.43. The largest absolute Gasteiger partial charge is 0.457 e. The number of carbonyl (C=O) groups excluding carboxylic acids is 1. The van der Waals surface area contributed by atoms with Crippen molar-refractivity contribution in [3.05, 3.63) is 75.9 Å². The fourth-order valence-corrected chi connectivity index (χ4v) is 2.55. The summed E-state index contributed by atoms with van der Waals surface area (Å²) in [6.07, 6.45) is 0. The van der Waals surface area contributed by atoms with Crippen LogP contribution in [0.4, 0.5) is 0 Å². The lowest BCUT2D eigenvalue weighted by atomic mass is 10.1. The Kier molecular flexibility index (Phi) is 4.20. The fourth-order valence-electron chi connectivity index (χ4n) is 2.28. The predicted octanol–water partition coefficient (Wildman–Crippen LogP) is 4.66. The van der Waals surface area contributed by atoms with Gasteiger partial charge in [0.05, 0.1) is 11.1 Å². The summed E-state index contributed by atoms with van der Waals surface area (Å²) in [7, 11) is 0. The van der Waals surface area contributed by atoms with Crippen molar-refractivity contribution in [2.45, 2.75) is 13.5 Å². The van der Waals surface area contributed by atoms with Crippen LogP contribution in [0, 0.1) is 6.92 Å². The Bertz CT molecular complexity index is 828. The fraction of sp³-hybridized carbons (Fsp3) is 0.111. The molecule has 22 heavy (non-hydrogen) atoms. The quantitative estimate of drug-likeness (QED) is 0.641. The zero-order valence-electron chi connectivity index (χ0n) is 12.0. The van der Waals surface area contributed by atoms with Gasteiger partial charge in [-0.2, -0.15) is 0 Å². The van der Waals surface area contributed by atoms with Crippen molar-refractivity contribution in [3.8, 4) is 0 Å². The zero-order chi connectivity index (χ0) is 15.5. The van der Waals surface area contributed by atoms with Gasteiger partial charge in [-0.15, -0.1) is 0 Å². The molecule has 0 bridgehead atoms. The van der Waals surface area contributed by atoms with Gasteiger partial charge < -0.3 is 4.74 Å². The molecule has 0 saturated carbocycles. The first-order valence-electron chi connectivity index (χ1n) is 6.91. The van der Waals surface area contributed by atoms with Gasteiger partial charge in [-0.25, -0.2) is 4.79 Å². The SMILES string of the molecule is Cc1cc(C(=O)OCc2ccc(Br)cc2)c2ccccc2n1. The smallest absolute Gasteiger partial charge is 0.339 e. The van der Waals surface area contributed by atoms with Crippen LogP contribution in [0.1, 0.15) is 21.6 Å². The lowest BCUT2D eigenvalue weighted by Crippen LogP contribution is -2.07. The number of pyridine rings is 1. The first-order chi connectivity index (χ1) is 10.6. The number of aryl methyl sites for hydroxylation is 1. The van der Waals surface area contributed by atoms with E-state index in [1.807, 2.05) is 55.5 Å². The molecule has 4 heteroatoms. The van der Waals surface area contributed by atoms with Gasteiger partial charge in [0, 0.05) is 15.6 Å². The maximum Gasteiger partial charge on any atom is 0.339 e. The molecule has 0 saturated heterocycles. The molecule has 2 aromatic carbocycles. The first kappa shape index (κ1) is 14.7. The van der Waals surface area contributed by atoms with Crippen LogP contribution >= 0.6 is 15.9 Å². The Morgan fingerprint density at radius 3 is 2.64 bits per heavy atom. The Balaban J connectivity index is 1.84. The number of para-hydroxylation sites is 1. The highest BCUT2D eigenvalue weighted by Gasteiger charge is 2.13. The van der Waals surface area contributed by atoms with E-state index in [0.29, 0.717) is 5.56 Å². The van der Waals surface area contributed by atoms with Crippen LogP contribution in [-0.4, -0.2) is 11.0 Å². The minimum atomic E-state index is -0.329. The lowest BCUT2D eigenvalue weighted by Gasteiger charge is -2.08. The van der Waals surface area contributed by atoms with Crippen molar-refractivity contribution < 1.29 is 9.53 Å². The molecule has 0 amide bonds. The molecule has 1 aromatic heterocycles. The van der Waals surface area contributed by atoms with Crippen molar-refractivity contribution in [2.24, 2.45) is 0 Å². The molecule has 0 radical (unpaired) electrons. The van der Waals surface area contributed by atoms with Crippen LogP contribution in [-0.2, 0) is 11.3 Å². The number of hydrogen-bond donors (Lipinski definition) is 0. The second kappa shape index (κ2) is 6.28. The maximum atomic E-state index is 12.4. The van der Waals surface area contributed by atoms with Crippen LogP contribution < -0.4 is 0 Å². The summed E-state index contributed by atoms with van der Waals surface area (Å²) >= 11 is 3.38. The Labute approximate surface area is 137 Å². The van der Waals surface area contributed by atoms with E-state index in [1.54, 1.807) is 6.07 Å². The molecule has 0 aliphatic rings. The number of benzene rings is 2. The molecular weight excluding hydrogens is 342 g/mol. The molecule has 0 fully saturated rings. The summed E-state index contributed by atoms with van der Waals surface area (Å²) in [6, 6.07) is 17.1. The minimum Gasteiger partial charge on any atom is -0.457 e. The highest BCUT2D eigenvalue weighted by Crippen LogP contribution is 2.20. The number of hydrogen-bond acceptors (Lipinski definition) is 3. The van der Waals surface area contributed by atoms with Gasteiger partial charge in [-0.3, -0.25) is 4.98 Å². The standard InChI is InChI=1S/C18H14BrNO2/c1-12-10-16(15-4-2-3-5-17(15)20-12)18(21)22-11-13-6-8-14(19)9-7-13/h2-10H,11H2,1H3. The highest BCUT2D eigenvalue weighted by molar-refractivity contribution is 9.10. The second-order valence-electron chi connectivity index (χ2n) is 5.03. The van der Waals surface area contributed by atoms with Crippen molar-refractivity contribution in [1.82, 2.24) is 4.98 Å². The van der Waals surface area contributed by atoms with Gasteiger partial charge in [0.15, 0.2) is 0 Å². The Hall–Kier alpha value is -2.20. The van der Waals surface area contributed by atoms with Crippen LogP contribution in [0.5, 0.6) is 0 Å². The van der Waals surface area contributed by atoms with E-state index >= 15 is 0 Å². The van der Waals surface area contributed by atoms with Crippen molar-refractivity contribution >= 4 is 32.8 Å². The van der Waals surface area contributed by atoms with E-state index in [1.165, 1.54) is 0 Å².